The smallest absolute Gasteiger partial charge is 0.125 e. The van der Waals surface area contributed by atoms with Gasteiger partial charge in [-0.25, -0.2) is 0 Å². The summed E-state index contributed by atoms with van der Waals surface area (Å²) in [5.41, 5.74) is 2.47. The fourth-order valence-electron chi connectivity index (χ4n) is 3.26. The summed E-state index contributed by atoms with van der Waals surface area (Å²) in [6.45, 7) is 0.774. The molecule has 1 aromatic rings. The summed E-state index contributed by atoms with van der Waals surface area (Å²) < 4.78 is 5.73. The highest BCUT2D eigenvalue weighted by molar-refractivity contribution is 6.30. The van der Waals surface area contributed by atoms with Gasteiger partial charge in [0.2, 0.25) is 0 Å². The van der Waals surface area contributed by atoms with Crippen LogP contribution in [0.3, 0.4) is 0 Å². The van der Waals surface area contributed by atoms with E-state index < -0.39 is 0 Å². The summed E-state index contributed by atoms with van der Waals surface area (Å²) in [4.78, 5) is 0. The quantitative estimate of drug-likeness (QED) is 0.889. The number of fused-ring (bicyclic) bond motifs is 1. The standard InChI is InChI=1S/C15H19ClO2/c16-13-8-11-4-5-18-15(11)12(9-13)6-10-2-1-3-14(17)7-10/h8-10,14,17H,1-7H2. The molecule has 1 aliphatic heterocycles. The molecule has 3 heteroatoms. The van der Waals surface area contributed by atoms with Crippen LogP contribution in [0.4, 0.5) is 0 Å². The Hall–Kier alpha value is -0.730. The molecule has 2 nitrogen and oxygen atoms in total. The molecule has 1 fully saturated rings. The minimum atomic E-state index is -0.114. The molecule has 1 saturated carbocycles. The average Bonchev–Trinajstić information content (AvgIpc) is 2.77. The van der Waals surface area contributed by atoms with E-state index in [4.69, 9.17) is 16.3 Å². The van der Waals surface area contributed by atoms with Crippen LogP contribution >= 0.6 is 11.6 Å². The second kappa shape index (κ2) is 5.10. The first-order valence-corrected chi connectivity index (χ1v) is 7.22. The topological polar surface area (TPSA) is 29.5 Å². The Morgan fingerprint density at radius 3 is 3.06 bits per heavy atom. The van der Waals surface area contributed by atoms with E-state index in [-0.39, 0.29) is 6.10 Å². The van der Waals surface area contributed by atoms with Gasteiger partial charge in [0.25, 0.3) is 0 Å². The van der Waals surface area contributed by atoms with Crippen molar-refractivity contribution in [1.29, 1.82) is 0 Å². The van der Waals surface area contributed by atoms with E-state index in [1.807, 2.05) is 12.1 Å². The lowest BCUT2D eigenvalue weighted by Gasteiger charge is -2.26. The van der Waals surface area contributed by atoms with E-state index in [2.05, 4.69) is 0 Å². The van der Waals surface area contributed by atoms with Gasteiger partial charge in [-0.2, -0.15) is 0 Å². The van der Waals surface area contributed by atoms with Crippen molar-refractivity contribution >= 4 is 11.6 Å². The molecule has 1 heterocycles. The average molecular weight is 267 g/mol. The zero-order valence-electron chi connectivity index (χ0n) is 10.5. The van der Waals surface area contributed by atoms with E-state index in [0.717, 1.165) is 49.5 Å². The van der Waals surface area contributed by atoms with Crippen LogP contribution < -0.4 is 4.74 Å². The third kappa shape index (κ3) is 2.50. The molecule has 0 spiro atoms. The molecule has 0 radical (unpaired) electrons. The van der Waals surface area contributed by atoms with E-state index in [1.165, 1.54) is 17.5 Å². The predicted molar refractivity (Wildman–Crippen MR) is 72.3 cm³/mol. The Bertz CT molecular complexity index is 444. The second-order valence-corrected chi connectivity index (χ2v) is 5.98. The molecule has 98 valence electrons. The fourth-order valence-corrected chi connectivity index (χ4v) is 3.52. The van der Waals surface area contributed by atoms with Crippen molar-refractivity contribution in [1.82, 2.24) is 0 Å². The molecule has 1 aliphatic carbocycles. The zero-order valence-corrected chi connectivity index (χ0v) is 11.2. The first kappa shape index (κ1) is 12.3. The van der Waals surface area contributed by atoms with Crippen LogP contribution in [-0.2, 0) is 12.8 Å². The summed E-state index contributed by atoms with van der Waals surface area (Å²) >= 11 is 6.17. The molecule has 3 rings (SSSR count). The summed E-state index contributed by atoms with van der Waals surface area (Å²) in [7, 11) is 0. The number of aliphatic hydroxyl groups excluding tert-OH is 1. The molecule has 2 atom stereocenters. The molecule has 1 aromatic carbocycles. The zero-order chi connectivity index (χ0) is 12.5. The SMILES string of the molecule is OC1CCCC(Cc2cc(Cl)cc3c2OCC3)C1. The summed E-state index contributed by atoms with van der Waals surface area (Å²) in [5, 5.41) is 10.6. The molecule has 1 N–H and O–H groups in total. The first-order chi connectivity index (χ1) is 8.72. The van der Waals surface area contributed by atoms with Gasteiger partial charge in [0.05, 0.1) is 12.7 Å². The normalized spacial score (nSPS) is 26.8. The molecule has 2 aliphatic rings. The van der Waals surface area contributed by atoms with Crippen molar-refractivity contribution in [2.45, 2.75) is 44.6 Å². The van der Waals surface area contributed by atoms with E-state index in [9.17, 15) is 5.11 Å². The molecule has 0 amide bonds. The molecule has 2 unspecified atom stereocenters. The van der Waals surface area contributed by atoms with Crippen molar-refractivity contribution in [3.63, 3.8) is 0 Å². The van der Waals surface area contributed by atoms with Crippen LogP contribution in [-0.4, -0.2) is 17.8 Å². The minimum absolute atomic E-state index is 0.114. The highest BCUT2D eigenvalue weighted by Crippen LogP contribution is 2.36. The first-order valence-electron chi connectivity index (χ1n) is 6.84. The van der Waals surface area contributed by atoms with Crippen molar-refractivity contribution in [2.24, 2.45) is 5.92 Å². The van der Waals surface area contributed by atoms with E-state index in [1.54, 1.807) is 0 Å². The van der Waals surface area contributed by atoms with Crippen molar-refractivity contribution in [3.05, 3.63) is 28.3 Å². The molecule has 0 saturated heterocycles. The number of ether oxygens (including phenoxy) is 1. The van der Waals surface area contributed by atoms with Crippen molar-refractivity contribution in [2.75, 3.05) is 6.61 Å². The second-order valence-electron chi connectivity index (χ2n) is 5.54. The molecular formula is C15H19ClO2. The third-order valence-electron chi connectivity index (χ3n) is 4.09. The van der Waals surface area contributed by atoms with Crippen LogP contribution in [0.2, 0.25) is 5.02 Å². The Morgan fingerprint density at radius 1 is 1.33 bits per heavy atom. The van der Waals surface area contributed by atoms with Crippen LogP contribution in [0.5, 0.6) is 5.75 Å². The van der Waals surface area contributed by atoms with Crippen LogP contribution in [0.25, 0.3) is 0 Å². The summed E-state index contributed by atoms with van der Waals surface area (Å²) in [6, 6.07) is 4.05. The van der Waals surface area contributed by atoms with Crippen molar-refractivity contribution in [3.8, 4) is 5.75 Å². The number of hydrogen-bond acceptors (Lipinski definition) is 2. The lowest BCUT2D eigenvalue weighted by molar-refractivity contribution is 0.101. The van der Waals surface area contributed by atoms with Gasteiger partial charge in [-0.05, 0) is 54.9 Å². The van der Waals surface area contributed by atoms with E-state index in [0.29, 0.717) is 5.92 Å². The Morgan fingerprint density at radius 2 is 2.22 bits per heavy atom. The summed E-state index contributed by atoms with van der Waals surface area (Å²) in [6.07, 6.45) is 6.06. The maximum absolute atomic E-state index is 9.75. The lowest BCUT2D eigenvalue weighted by Crippen LogP contribution is -2.21. The number of benzene rings is 1. The van der Waals surface area contributed by atoms with Gasteiger partial charge >= 0.3 is 0 Å². The van der Waals surface area contributed by atoms with E-state index >= 15 is 0 Å². The largest absolute Gasteiger partial charge is 0.493 e. The highest BCUT2D eigenvalue weighted by Gasteiger charge is 2.24. The predicted octanol–water partition coefficient (Wildman–Crippen LogP) is 3.37. The van der Waals surface area contributed by atoms with Crippen LogP contribution in [0.1, 0.15) is 36.8 Å². The van der Waals surface area contributed by atoms with Gasteiger partial charge in [0, 0.05) is 11.4 Å². The number of aliphatic hydroxyl groups is 1. The molecule has 18 heavy (non-hydrogen) atoms. The number of hydrogen-bond donors (Lipinski definition) is 1. The third-order valence-corrected chi connectivity index (χ3v) is 4.31. The number of rotatable bonds is 2. The van der Waals surface area contributed by atoms with Gasteiger partial charge < -0.3 is 9.84 Å². The lowest BCUT2D eigenvalue weighted by atomic mass is 9.83. The monoisotopic (exact) mass is 266 g/mol. The Balaban J connectivity index is 1.80. The minimum Gasteiger partial charge on any atom is -0.493 e. The van der Waals surface area contributed by atoms with Crippen molar-refractivity contribution < 1.29 is 9.84 Å². The van der Waals surface area contributed by atoms with Gasteiger partial charge in [0.15, 0.2) is 0 Å². The summed E-state index contributed by atoms with van der Waals surface area (Å²) in [5.74, 6) is 1.62. The highest BCUT2D eigenvalue weighted by atomic mass is 35.5. The molecular weight excluding hydrogens is 248 g/mol. The Labute approximate surface area is 113 Å². The maximum atomic E-state index is 9.75. The Kier molecular flexibility index (Phi) is 3.49. The maximum Gasteiger partial charge on any atom is 0.125 e. The van der Waals surface area contributed by atoms with Crippen LogP contribution in [0.15, 0.2) is 12.1 Å². The van der Waals surface area contributed by atoms with Gasteiger partial charge in [0.1, 0.15) is 5.75 Å². The number of halogens is 1. The van der Waals surface area contributed by atoms with Crippen LogP contribution in [0, 0.1) is 5.92 Å². The van der Waals surface area contributed by atoms with Gasteiger partial charge in [-0.15, -0.1) is 0 Å². The molecule has 0 bridgehead atoms. The molecule has 0 aromatic heterocycles. The van der Waals surface area contributed by atoms with Gasteiger partial charge in [-0.1, -0.05) is 18.0 Å². The van der Waals surface area contributed by atoms with Gasteiger partial charge in [-0.3, -0.25) is 0 Å². The fraction of sp³-hybridized carbons (Fsp3) is 0.600.